The normalized spacial score (nSPS) is 13.6. The smallest absolute Gasteiger partial charge is 0.306 e. The predicted octanol–water partition coefficient (Wildman–Crippen LogP) is 16.2. The van der Waals surface area contributed by atoms with E-state index in [9.17, 15) is 19.0 Å². The van der Waals surface area contributed by atoms with Crippen molar-refractivity contribution in [3.8, 4) is 0 Å². The van der Waals surface area contributed by atoms with E-state index in [1.165, 1.54) is 180 Å². The molecule has 0 aliphatic heterocycles. The molecular weight excluding hydrogens is 846 g/mol. The number of quaternary nitrogens is 1. The lowest BCUT2D eigenvalue weighted by Crippen LogP contribution is -2.37. The molecule has 0 aromatic rings. The molecule has 0 rings (SSSR count). The van der Waals surface area contributed by atoms with Crippen LogP contribution in [0.3, 0.4) is 0 Å². The molecule has 66 heavy (non-hydrogen) atoms. The zero-order valence-corrected chi connectivity index (χ0v) is 44.8. The summed E-state index contributed by atoms with van der Waals surface area (Å²) in [4.78, 5) is 37.8. The molecule has 0 saturated carbocycles. The largest absolute Gasteiger partial charge is 0.756 e. The van der Waals surface area contributed by atoms with Gasteiger partial charge >= 0.3 is 11.9 Å². The first-order chi connectivity index (χ1) is 32.0. The number of hydrogen-bond acceptors (Lipinski definition) is 8. The van der Waals surface area contributed by atoms with Crippen molar-refractivity contribution in [2.75, 3.05) is 47.5 Å². The van der Waals surface area contributed by atoms with Gasteiger partial charge in [0, 0.05) is 12.8 Å². The Hall–Kier alpha value is -1.77. The quantitative estimate of drug-likeness (QED) is 0.0195. The van der Waals surface area contributed by atoms with Crippen LogP contribution in [0.2, 0.25) is 0 Å². The molecule has 0 aliphatic carbocycles. The molecule has 0 N–H and O–H groups in total. The summed E-state index contributed by atoms with van der Waals surface area (Å²) in [5.41, 5.74) is 0. The zero-order valence-electron chi connectivity index (χ0n) is 43.9. The number of unbranched alkanes of at least 4 members (excludes halogenated alkanes) is 31. The summed E-state index contributed by atoms with van der Waals surface area (Å²) in [6.45, 7) is 4.22. The third-order valence-electron chi connectivity index (χ3n) is 12.1. The average Bonchev–Trinajstić information content (AvgIpc) is 3.27. The van der Waals surface area contributed by atoms with Crippen LogP contribution in [-0.4, -0.2) is 70.0 Å². The fraction of sp³-hybridized carbons (Fsp3) is 0.857. The van der Waals surface area contributed by atoms with Gasteiger partial charge in [-0.3, -0.25) is 14.2 Å². The van der Waals surface area contributed by atoms with Crippen molar-refractivity contribution in [2.24, 2.45) is 0 Å². The van der Waals surface area contributed by atoms with E-state index in [2.05, 4.69) is 50.3 Å². The Bertz CT molecular complexity index is 1210. The summed E-state index contributed by atoms with van der Waals surface area (Å²) < 4.78 is 34.1. The topological polar surface area (TPSA) is 111 Å². The number of hydrogen-bond donors (Lipinski definition) is 0. The SMILES string of the molecule is CCCCCCCC/C=C/CCCCCCCCCCCC(=O)OC[C@H](COP(=O)([O-])OCC[N+](C)(C)C)OC(=O)CCC/C=C/CC/C=C/CCCCCCCCCCCCCCCC. The van der Waals surface area contributed by atoms with E-state index in [0.29, 0.717) is 17.4 Å². The van der Waals surface area contributed by atoms with Gasteiger partial charge in [0.2, 0.25) is 0 Å². The Labute approximate surface area is 408 Å². The van der Waals surface area contributed by atoms with Crippen molar-refractivity contribution in [2.45, 2.75) is 264 Å². The Morgan fingerprint density at radius 3 is 1.21 bits per heavy atom. The maximum Gasteiger partial charge on any atom is 0.306 e. The standard InChI is InChI=1S/C56H106NO8P/c1-6-8-10-12-14-16-18-20-22-24-26-27-28-29-31-33-35-37-39-41-43-45-47-49-56(59)65-54(53-64-66(60,61)63-51-50-57(3,4)5)52-62-55(58)48-46-44-42-40-38-36-34-32-30-25-23-21-19-17-15-13-11-9-7-2/h21,23,33,35,41,43,54H,6-20,22,24-32,34,36-40,42,44-53H2,1-5H3/b23-21+,35-33+,43-41+/t54-/m1/s1. The molecule has 0 aromatic heterocycles. The van der Waals surface area contributed by atoms with Crippen molar-refractivity contribution in [3.63, 3.8) is 0 Å². The second-order valence-electron chi connectivity index (χ2n) is 19.9. The molecule has 0 spiro atoms. The number of phosphoric acid groups is 1. The Morgan fingerprint density at radius 2 is 0.803 bits per heavy atom. The minimum Gasteiger partial charge on any atom is -0.756 e. The van der Waals surface area contributed by atoms with Gasteiger partial charge in [-0.1, -0.05) is 211 Å². The lowest BCUT2D eigenvalue weighted by Gasteiger charge is -2.28. The van der Waals surface area contributed by atoms with E-state index >= 15 is 0 Å². The Kier molecular flexibility index (Phi) is 47.0. The molecule has 0 heterocycles. The summed E-state index contributed by atoms with van der Waals surface area (Å²) >= 11 is 0. The fourth-order valence-electron chi connectivity index (χ4n) is 7.79. The summed E-state index contributed by atoms with van der Waals surface area (Å²) in [5.74, 6) is -0.877. The number of ether oxygens (including phenoxy) is 2. The highest BCUT2D eigenvalue weighted by atomic mass is 31.2. The lowest BCUT2D eigenvalue weighted by molar-refractivity contribution is -0.870. The molecule has 0 aliphatic rings. The third-order valence-corrected chi connectivity index (χ3v) is 13.1. The predicted molar refractivity (Wildman–Crippen MR) is 277 cm³/mol. The van der Waals surface area contributed by atoms with Crippen LogP contribution in [0.1, 0.15) is 258 Å². The van der Waals surface area contributed by atoms with Crippen molar-refractivity contribution in [1.82, 2.24) is 0 Å². The number of allylic oxidation sites excluding steroid dienone is 6. The molecular formula is C56H106NO8P. The van der Waals surface area contributed by atoms with Crippen molar-refractivity contribution >= 4 is 19.8 Å². The van der Waals surface area contributed by atoms with Gasteiger partial charge < -0.3 is 27.9 Å². The highest BCUT2D eigenvalue weighted by Crippen LogP contribution is 2.38. The number of carbonyl (C=O) groups excluding carboxylic acids is 2. The molecule has 2 atom stereocenters. The van der Waals surface area contributed by atoms with E-state index in [1.807, 2.05) is 21.1 Å². The summed E-state index contributed by atoms with van der Waals surface area (Å²) in [7, 11) is 1.15. The van der Waals surface area contributed by atoms with Crippen LogP contribution in [-0.2, 0) is 32.7 Å². The van der Waals surface area contributed by atoms with E-state index in [1.54, 1.807) is 0 Å². The minimum atomic E-state index is -4.64. The molecule has 0 radical (unpaired) electrons. The van der Waals surface area contributed by atoms with E-state index < -0.39 is 32.5 Å². The van der Waals surface area contributed by atoms with Gasteiger partial charge in [0.25, 0.3) is 7.82 Å². The number of rotatable bonds is 51. The Morgan fingerprint density at radius 1 is 0.455 bits per heavy atom. The van der Waals surface area contributed by atoms with Crippen LogP contribution >= 0.6 is 7.82 Å². The van der Waals surface area contributed by atoms with Gasteiger partial charge in [0.1, 0.15) is 19.8 Å². The zero-order chi connectivity index (χ0) is 48.5. The van der Waals surface area contributed by atoms with Crippen LogP contribution in [0.5, 0.6) is 0 Å². The summed E-state index contributed by atoms with van der Waals surface area (Å²) in [6.07, 6.45) is 57.7. The second kappa shape index (κ2) is 48.3. The van der Waals surface area contributed by atoms with Crippen LogP contribution in [0, 0.1) is 0 Å². The molecule has 9 nitrogen and oxygen atoms in total. The Balaban J connectivity index is 4.25. The molecule has 0 bridgehead atoms. The first kappa shape index (κ1) is 64.2. The van der Waals surface area contributed by atoms with Gasteiger partial charge in [-0.25, -0.2) is 0 Å². The van der Waals surface area contributed by atoms with Crippen LogP contribution in [0.4, 0.5) is 0 Å². The van der Waals surface area contributed by atoms with E-state index in [4.69, 9.17) is 18.5 Å². The maximum atomic E-state index is 12.7. The summed E-state index contributed by atoms with van der Waals surface area (Å²) in [6, 6.07) is 0. The van der Waals surface area contributed by atoms with Crippen molar-refractivity contribution in [1.29, 1.82) is 0 Å². The summed E-state index contributed by atoms with van der Waals surface area (Å²) in [5, 5.41) is 0. The number of esters is 2. The van der Waals surface area contributed by atoms with Gasteiger partial charge in [-0.05, 0) is 70.6 Å². The monoisotopic (exact) mass is 952 g/mol. The number of likely N-dealkylation sites (N-methyl/N-ethyl adjacent to an activating group) is 1. The first-order valence-electron chi connectivity index (χ1n) is 27.7. The highest BCUT2D eigenvalue weighted by molar-refractivity contribution is 7.45. The van der Waals surface area contributed by atoms with E-state index in [-0.39, 0.29) is 26.1 Å². The van der Waals surface area contributed by atoms with Gasteiger partial charge in [-0.2, -0.15) is 0 Å². The van der Waals surface area contributed by atoms with Gasteiger partial charge in [-0.15, -0.1) is 0 Å². The van der Waals surface area contributed by atoms with Crippen LogP contribution in [0.25, 0.3) is 0 Å². The molecule has 0 saturated heterocycles. The molecule has 10 heteroatoms. The molecule has 0 aromatic carbocycles. The van der Waals surface area contributed by atoms with Crippen molar-refractivity contribution < 1.29 is 42.1 Å². The van der Waals surface area contributed by atoms with Gasteiger partial charge in [0.05, 0.1) is 27.7 Å². The van der Waals surface area contributed by atoms with Gasteiger partial charge in [0.15, 0.2) is 6.10 Å². The molecule has 388 valence electrons. The molecule has 0 amide bonds. The van der Waals surface area contributed by atoms with E-state index in [0.717, 1.165) is 44.9 Å². The molecule has 0 fully saturated rings. The number of nitrogens with zero attached hydrogens (tertiary/aromatic N) is 1. The minimum absolute atomic E-state index is 0.0374. The lowest BCUT2D eigenvalue weighted by atomic mass is 10.0. The van der Waals surface area contributed by atoms with Crippen molar-refractivity contribution in [3.05, 3.63) is 36.5 Å². The first-order valence-corrected chi connectivity index (χ1v) is 29.2. The number of carbonyl (C=O) groups is 2. The van der Waals surface area contributed by atoms with Crippen LogP contribution < -0.4 is 4.89 Å². The average molecular weight is 952 g/mol. The second-order valence-corrected chi connectivity index (χ2v) is 21.3. The number of phosphoric ester groups is 1. The highest BCUT2D eigenvalue weighted by Gasteiger charge is 2.21. The maximum absolute atomic E-state index is 12.7. The molecule has 1 unspecified atom stereocenters. The third kappa shape index (κ3) is 51.6. The fourth-order valence-corrected chi connectivity index (χ4v) is 8.52. The van der Waals surface area contributed by atoms with Crippen LogP contribution in [0.15, 0.2) is 36.5 Å².